The van der Waals surface area contributed by atoms with Crippen LogP contribution in [-0.2, 0) is 4.79 Å². The first kappa shape index (κ1) is 17.2. The van der Waals surface area contributed by atoms with Gasteiger partial charge in [0.1, 0.15) is 5.70 Å². The molecule has 5 nitrogen and oxygen atoms in total. The highest BCUT2D eigenvalue weighted by molar-refractivity contribution is 7.80. The molecule has 6 heteroatoms. The van der Waals surface area contributed by atoms with Crippen molar-refractivity contribution >= 4 is 35.0 Å². The third-order valence-electron chi connectivity index (χ3n) is 4.53. The van der Waals surface area contributed by atoms with Crippen molar-refractivity contribution < 1.29 is 4.79 Å². The van der Waals surface area contributed by atoms with E-state index in [2.05, 4.69) is 10.4 Å². The zero-order valence-electron chi connectivity index (χ0n) is 15.0. The second-order valence-corrected chi connectivity index (χ2v) is 6.68. The summed E-state index contributed by atoms with van der Waals surface area (Å²) in [5.74, 6) is -0.169. The third-order valence-corrected chi connectivity index (χ3v) is 4.81. The summed E-state index contributed by atoms with van der Waals surface area (Å²) in [4.78, 5) is 14.4. The summed E-state index contributed by atoms with van der Waals surface area (Å²) < 4.78 is 1.88. The number of anilines is 1. The highest BCUT2D eigenvalue weighted by Gasteiger charge is 2.32. The number of hydrogen-bond acceptors (Lipinski definition) is 3. The molecule has 4 rings (SSSR count). The number of thiocarbonyl (C=S) groups is 1. The quantitative estimate of drug-likeness (QED) is 0.560. The monoisotopic (exact) mass is 374 g/mol. The summed E-state index contributed by atoms with van der Waals surface area (Å²) in [6.45, 7) is 3.93. The van der Waals surface area contributed by atoms with E-state index in [0.717, 1.165) is 28.3 Å². The van der Waals surface area contributed by atoms with Gasteiger partial charge in [-0.05, 0) is 56.4 Å². The molecule has 1 aliphatic heterocycles. The summed E-state index contributed by atoms with van der Waals surface area (Å²) in [6.07, 6.45) is 1.83. The fraction of sp³-hybridized carbons (Fsp3) is 0.0952. The molecule has 0 atom stereocenters. The molecule has 0 bridgehead atoms. The van der Waals surface area contributed by atoms with Gasteiger partial charge in [0, 0.05) is 11.3 Å². The molecule has 27 heavy (non-hydrogen) atoms. The number of nitrogens with zero attached hydrogens (tertiary/aromatic N) is 3. The van der Waals surface area contributed by atoms with Gasteiger partial charge in [0.15, 0.2) is 5.11 Å². The van der Waals surface area contributed by atoms with Crippen LogP contribution in [0.25, 0.3) is 11.8 Å². The van der Waals surface area contributed by atoms with Crippen molar-refractivity contribution in [2.75, 3.05) is 4.90 Å². The number of carbonyl (C=O) groups excluding carboxylic acids is 1. The van der Waals surface area contributed by atoms with E-state index >= 15 is 0 Å². The zero-order valence-corrected chi connectivity index (χ0v) is 15.8. The Hall–Kier alpha value is -3.25. The number of benzene rings is 2. The number of nitrogens with one attached hydrogen (secondary N) is 1. The molecular weight excluding hydrogens is 356 g/mol. The Balaban J connectivity index is 1.72. The highest BCUT2D eigenvalue weighted by atomic mass is 32.1. The molecule has 3 aromatic rings. The van der Waals surface area contributed by atoms with Crippen molar-refractivity contribution in [3.8, 4) is 5.69 Å². The summed E-state index contributed by atoms with van der Waals surface area (Å²) in [5, 5.41) is 8.04. The van der Waals surface area contributed by atoms with Crippen LogP contribution in [0.1, 0.15) is 17.0 Å². The first-order chi connectivity index (χ1) is 13.1. The molecular formula is C21H18N4OS. The fourth-order valence-corrected chi connectivity index (χ4v) is 3.47. The van der Waals surface area contributed by atoms with E-state index in [0.29, 0.717) is 10.8 Å². The number of aromatic nitrogens is 2. The molecule has 0 unspecified atom stereocenters. The van der Waals surface area contributed by atoms with Gasteiger partial charge in [0.05, 0.1) is 17.1 Å². The standard InChI is InChI=1S/C21H18N4OS/c1-14-18(15(2)25(23-14)17-11-7-4-8-12-17)13-19-20(26)24(21(27)22-19)16-9-5-3-6-10-16/h3-13H,1-2H3,(H,22,27)/b19-13+. The van der Waals surface area contributed by atoms with E-state index in [-0.39, 0.29) is 5.91 Å². The van der Waals surface area contributed by atoms with Gasteiger partial charge < -0.3 is 5.32 Å². The van der Waals surface area contributed by atoms with Gasteiger partial charge in [-0.25, -0.2) is 4.68 Å². The molecule has 0 spiro atoms. The van der Waals surface area contributed by atoms with E-state index in [4.69, 9.17) is 12.2 Å². The summed E-state index contributed by atoms with van der Waals surface area (Å²) in [6, 6.07) is 19.3. The molecule has 0 radical (unpaired) electrons. The van der Waals surface area contributed by atoms with E-state index < -0.39 is 0 Å². The minimum absolute atomic E-state index is 0.169. The Labute approximate surface area is 162 Å². The van der Waals surface area contributed by atoms with Crippen LogP contribution in [0.4, 0.5) is 5.69 Å². The number of hydrogen-bond donors (Lipinski definition) is 1. The molecule has 1 amide bonds. The number of rotatable bonds is 3. The first-order valence-corrected chi connectivity index (χ1v) is 9.01. The zero-order chi connectivity index (χ0) is 19.0. The SMILES string of the molecule is Cc1nn(-c2ccccc2)c(C)c1/C=C1/NC(=S)N(c2ccccc2)C1=O. The summed E-state index contributed by atoms with van der Waals surface area (Å²) in [5.41, 5.74) is 4.90. The smallest absolute Gasteiger partial charge is 0.281 e. The van der Waals surface area contributed by atoms with Crippen LogP contribution >= 0.6 is 12.2 Å². The molecule has 0 saturated carbocycles. The lowest BCUT2D eigenvalue weighted by Crippen LogP contribution is -2.30. The van der Waals surface area contributed by atoms with Gasteiger partial charge in [-0.1, -0.05) is 36.4 Å². The van der Waals surface area contributed by atoms with Crippen LogP contribution in [-0.4, -0.2) is 20.8 Å². The van der Waals surface area contributed by atoms with Gasteiger partial charge in [-0.3, -0.25) is 9.69 Å². The number of aryl methyl sites for hydroxylation is 1. The van der Waals surface area contributed by atoms with Crippen LogP contribution in [0.3, 0.4) is 0 Å². The Bertz CT molecular complexity index is 1050. The molecule has 134 valence electrons. The van der Waals surface area contributed by atoms with Crippen molar-refractivity contribution in [2.24, 2.45) is 0 Å². The van der Waals surface area contributed by atoms with E-state index in [1.807, 2.05) is 85.3 Å². The molecule has 1 N–H and O–H groups in total. The lowest BCUT2D eigenvalue weighted by molar-refractivity contribution is -0.113. The lowest BCUT2D eigenvalue weighted by Gasteiger charge is -2.13. The van der Waals surface area contributed by atoms with Gasteiger partial charge in [-0.15, -0.1) is 0 Å². The Kier molecular flexibility index (Phi) is 4.33. The average Bonchev–Trinajstić information content (AvgIpc) is 3.13. The average molecular weight is 374 g/mol. The first-order valence-electron chi connectivity index (χ1n) is 8.60. The predicted octanol–water partition coefficient (Wildman–Crippen LogP) is 3.75. The van der Waals surface area contributed by atoms with E-state index in [9.17, 15) is 4.79 Å². The van der Waals surface area contributed by atoms with Crippen LogP contribution in [0.15, 0.2) is 66.4 Å². The fourth-order valence-electron chi connectivity index (χ4n) is 3.18. The second kappa shape index (κ2) is 6.81. The van der Waals surface area contributed by atoms with E-state index in [1.54, 1.807) is 0 Å². The molecule has 1 fully saturated rings. The Morgan fingerprint density at radius 2 is 1.56 bits per heavy atom. The molecule has 0 aliphatic carbocycles. The second-order valence-electron chi connectivity index (χ2n) is 6.30. The molecule has 1 saturated heterocycles. The van der Waals surface area contributed by atoms with Crippen LogP contribution < -0.4 is 10.2 Å². The molecule has 1 aromatic heterocycles. The highest BCUT2D eigenvalue weighted by Crippen LogP contribution is 2.25. The maximum Gasteiger partial charge on any atom is 0.281 e. The van der Waals surface area contributed by atoms with Crippen LogP contribution in [0, 0.1) is 13.8 Å². The van der Waals surface area contributed by atoms with Crippen LogP contribution in [0.2, 0.25) is 0 Å². The number of amides is 1. The third kappa shape index (κ3) is 3.04. The summed E-state index contributed by atoms with van der Waals surface area (Å²) in [7, 11) is 0. The topological polar surface area (TPSA) is 50.2 Å². The predicted molar refractivity (Wildman–Crippen MR) is 111 cm³/mol. The van der Waals surface area contributed by atoms with E-state index in [1.165, 1.54) is 4.90 Å². The van der Waals surface area contributed by atoms with Gasteiger partial charge >= 0.3 is 0 Å². The molecule has 1 aliphatic rings. The maximum atomic E-state index is 12.9. The van der Waals surface area contributed by atoms with Crippen molar-refractivity contribution in [1.82, 2.24) is 15.1 Å². The Morgan fingerprint density at radius 1 is 0.963 bits per heavy atom. The number of carbonyl (C=O) groups is 1. The Morgan fingerprint density at radius 3 is 2.19 bits per heavy atom. The minimum atomic E-state index is -0.169. The van der Waals surface area contributed by atoms with Gasteiger partial charge in [0.2, 0.25) is 0 Å². The van der Waals surface area contributed by atoms with Gasteiger partial charge in [-0.2, -0.15) is 5.10 Å². The van der Waals surface area contributed by atoms with Crippen molar-refractivity contribution in [3.05, 3.63) is 83.3 Å². The number of para-hydroxylation sites is 2. The minimum Gasteiger partial charge on any atom is -0.327 e. The van der Waals surface area contributed by atoms with Gasteiger partial charge in [0.25, 0.3) is 5.91 Å². The summed E-state index contributed by atoms with van der Waals surface area (Å²) >= 11 is 5.37. The molecule has 2 heterocycles. The van der Waals surface area contributed by atoms with Crippen molar-refractivity contribution in [2.45, 2.75) is 13.8 Å². The van der Waals surface area contributed by atoms with Crippen molar-refractivity contribution in [3.63, 3.8) is 0 Å². The van der Waals surface area contributed by atoms with Crippen LogP contribution in [0.5, 0.6) is 0 Å². The lowest BCUT2D eigenvalue weighted by atomic mass is 10.1. The normalized spacial score (nSPS) is 15.5. The largest absolute Gasteiger partial charge is 0.327 e. The maximum absolute atomic E-state index is 12.9. The molecule has 2 aromatic carbocycles. The van der Waals surface area contributed by atoms with Crippen molar-refractivity contribution in [1.29, 1.82) is 0 Å².